The average Bonchev–Trinajstić information content (AvgIpc) is 3.18. The molecule has 0 unspecified atom stereocenters. The molecule has 2 aliphatic rings. The lowest BCUT2D eigenvalue weighted by Gasteiger charge is -2.35. The molecule has 2 N–H and O–H groups in total. The molecule has 0 amide bonds. The fourth-order valence-corrected chi connectivity index (χ4v) is 5.09. The molecule has 2 aliphatic heterocycles. The molecule has 0 spiro atoms. The fourth-order valence-electron chi connectivity index (χ4n) is 5.09. The van der Waals surface area contributed by atoms with Gasteiger partial charge in [-0.25, -0.2) is 9.78 Å². The Hall–Kier alpha value is -3.72. The number of esters is 2. The van der Waals surface area contributed by atoms with E-state index in [0.717, 1.165) is 16.5 Å². The molecular weight excluding hydrogens is 438 g/mol. The summed E-state index contributed by atoms with van der Waals surface area (Å²) >= 11 is 0. The number of ether oxygens (including phenoxy) is 2. The second-order valence-electron chi connectivity index (χ2n) is 8.55. The molecule has 176 valence electrons. The van der Waals surface area contributed by atoms with E-state index < -0.39 is 17.5 Å². The molecule has 0 fully saturated rings. The van der Waals surface area contributed by atoms with Gasteiger partial charge in [-0.15, -0.1) is 0 Å². The van der Waals surface area contributed by atoms with Crippen LogP contribution in [-0.2, 0) is 44.2 Å². The highest BCUT2D eigenvalue weighted by Gasteiger charge is 2.50. The number of nitrogens with one attached hydrogen (secondary N) is 1. The number of nitrogens with zero attached hydrogens (tertiary/aromatic N) is 2. The minimum atomic E-state index is -1.70. The van der Waals surface area contributed by atoms with Crippen molar-refractivity contribution in [3.63, 3.8) is 0 Å². The van der Waals surface area contributed by atoms with Gasteiger partial charge in [-0.1, -0.05) is 13.8 Å². The van der Waals surface area contributed by atoms with Gasteiger partial charge < -0.3 is 24.5 Å². The minimum Gasteiger partial charge on any atom is -0.508 e. The number of carbonyl (C=O) groups excluding carboxylic acids is 2. The first-order valence-electron chi connectivity index (χ1n) is 11.3. The number of rotatable bonds is 5. The highest BCUT2D eigenvalue weighted by atomic mass is 16.6. The highest BCUT2D eigenvalue weighted by molar-refractivity contribution is 5.90. The Morgan fingerprint density at radius 2 is 2.06 bits per heavy atom. The second kappa shape index (κ2) is 7.95. The average molecular weight is 463 g/mol. The van der Waals surface area contributed by atoms with Crippen LogP contribution < -0.4 is 10.9 Å². The van der Waals surface area contributed by atoms with Gasteiger partial charge in [0.2, 0.25) is 5.60 Å². The Balaban J connectivity index is 1.76. The van der Waals surface area contributed by atoms with Crippen molar-refractivity contribution < 1.29 is 24.2 Å². The van der Waals surface area contributed by atoms with Crippen molar-refractivity contribution in [3.05, 3.63) is 56.9 Å². The van der Waals surface area contributed by atoms with Gasteiger partial charge in [0.1, 0.15) is 12.4 Å². The summed E-state index contributed by atoms with van der Waals surface area (Å²) in [6.07, 6.45) is 0.810. The van der Waals surface area contributed by atoms with E-state index >= 15 is 0 Å². The number of hydrogen-bond acceptors (Lipinski definition) is 8. The van der Waals surface area contributed by atoms with Crippen LogP contribution in [0, 0.1) is 0 Å². The Kier molecular flexibility index (Phi) is 5.16. The fraction of sp³-hybridized carbons (Fsp3) is 0.360. The van der Waals surface area contributed by atoms with E-state index in [2.05, 4.69) is 5.32 Å². The molecule has 0 bridgehead atoms. The van der Waals surface area contributed by atoms with Crippen LogP contribution in [-0.4, -0.2) is 40.2 Å². The number of cyclic esters (lactones) is 1. The summed E-state index contributed by atoms with van der Waals surface area (Å²) in [6.45, 7) is 3.79. The quantitative estimate of drug-likeness (QED) is 0.432. The van der Waals surface area contributed by atoms with Crippen LogP contribution in [0.4, 0.5) is 0 Å². The van der Waals surface area contributed by atoms with Gasteiger partial charge in [-0.05, 0) is 49.7 Å². The third-order valence-electron chi connectivity index (χ3n) is 6.72. The standard InChI is InChI=1S/C25H25N3O6/c1-4-14-15-8-13(29)6-7-19(15)27-22-16(14)11-28-20(22)9-18-17(23(28)31)12-33-24(32)25(18,5-2)34-21(30)10-26-3/h6-9,26,29H,4-5,10-12H2,1-3H3/t25-/m0/s1. The summed E-state index contributed by atoms with van der Waals surface area (Å²) in [5, 5.41) is 13.6. The van der Waals surface area contributed by atoms with Gasteiger partial charge in [-0.3, -0.25) is 9.59 Å². The van der Waals surface area contributed by atoms with Gasteiger partial charge in [0, 0.05) is 16.5 Å². The number of aromatic nitrogens is 2. The van der Waals surface area contributed by atoms with E-state index in [1.54, 1.807) is 42.8 Å². The highest BCUT2D eigenvalue weighted by Crippen LogP contribution is 2.42. The van der Waals surface area contributed by atoms with Crippen molar-refractivity contribution in [2.24, 2.45) is 0 Å². The summed E-state index contributed by atoms with van der Waals surface area (Å²) in [6, 6.07) is 6.76. The molecular formula is C25H25N3O6. The molecule has 1 atom stereocenters. The van der Waals surface area contributed by atoms with Crippen LogP contribution >= 0.6 is 0 Å². The zero-order valence-corrected chi connectivity index (χ0v) is 19.2. The van der Waals surface area contributed by atoms with Crippen molar-refractivity contribution in [2.45, 2.75) is 45.4 Å². The number of carbonyl (C=O) groups is 2. The van der Waals surface area contributed by atoms with Gasteiger partial charge in [0.05, 0.1) is 35.6 Å². The Labute approximate surface area is 195 Å². The summed E-state index contributed by atoms with van der Waals surface area (Å²) in [4.78, 5) is 43.8. The maximum atomic E-state index is 13.6. The summed E-state index contributed by atoms with van der Waals surface area (Å²) in [5.41, 5.74) is 2.49. The van der Waals surface area contributed by atoms with Crippen molar-refractivity contribution in [1.82, 2.24) is 14.9 Å². The monoisotopic (exact) mass is 463 g/mol. The van der Waals surface area contributed by atoms with Crippen molar-refractivity contribution in [1.29, 1.82) is 0 Å². The molecule has 5 rings (SSSR count). The molecule has 4 heterocycles. The Bertz CT molecular complexity index is 1430. The normalized spacial score (nSPS) is 18.3. The Morgan fingerprint density at radius 3 is 2.76 bits per heavy atom. The first-order valence-corrected chi connectivity index (χ1v) is 11.3. The van der Waals surface area contributed by atoms with Gasteiger partial charge in [-0.2, -0.15) is 0 Å². The van der Waals surface area contributed by atoms with E-state index in [4.69, 9.17) is 14.5 Å². The number of phenolic OH excluding ortho intramolecular Hbond substituents is 1. The van der Waals surface area contributed by atoms with Crippen molar-refractivity contribution in [3.8, 4) is 17.1 Å². The molecule has 0 radical (unpaired) electrons. The third kappa shape index (κ3) is 3.03. The molecule has 3 aromatic rings. The molecule has 0 saturated carbocycles. The summed E-state index contributed by atoms with van der Waals surface area (Å²) in [7, 11) is 1.60. The van der Waals surface area contributed by atoms with Crippen molar-refractivity contribution in [2.75, 3.05) is 13.6 Å². The third-order valence-corrected chi connectivity index (χ3v) is 6.72. The Morgan fingerprint density at radius 1 is 1.26 bits per heavy atom. The summed E-state index contributed by atoms with van der Waals surface area (Å²) < 4.78 is 12.6. The van der Waals surface area contributed by atoms with Gasteiger partial charge in [0.25, 0.3) is 5.56 Å². The van der Waals surface area contributed by atoms with Crippen LogP contribution in [0.3, 0.4) is 0 Å². The minimum absolute atomic E-state index is 0.0859. The molecule has 34 heavy (non-hydrogen) atoms. The van der Waals surface area contributed by atoms with Gasteiger partial charge in [0.15, 0.2) is 0 Å². The zero-order chi connectivity index (χ0) is 24.2. The van der Waals surface area contributed by atoms with E-state index in [0.29, 0.717) is 41.0 Å². The van der Waals surface area contributed by atoms with E-state index in [-0.39, 0.29) is 30.9 Å². The number of benzene rings is 1. The number of phenols is 1. The van der Waals surface area contributed by atoms with Crippen LogP contribution in [0.15, 0.2) is 29.1 Å². The number of aromatic hydroxyl groups is 1. The van der Waals surface area contributed by atoms with Crippen LogP contribution in [0.1, 0.15) is 42.5 Å². The van der Waals surface area contributed by atoms with Crippen LogP contribution in [0.2, 0.25) is 0 Å². The predicted octanol–water partition coefficient (Wildman–Crippen LogP) is 2.12. The molecule has 1 aromatic carbocycles. The topological polar surface area (TPSA) is 120 Å². The van der Waals surface area contributed by atoms with E-state index in [1.807, 2.05) is 6.92 Å². The first-order chi connectivity index (χ1) is 16.3. The predicted molar refractivity (Wildman–Crippen MR) is 123 cm³/mol. The maximum Gasteiger partial charge on any atom is 0.355 e. The van der Waals surface area contributed by atoms with E-state index in [1.165, 1.54) is 0 Å². The second-order valence-corrected chi connectivity index (χ2v) is 8.55. The number of pyridine rings is 2. The number of aryl methyl sites for hydroxylation is 1. The largest absolute Gasteiger partial charge is 0.508 e. The lowest BCUT2D eigenvalue weighted by molar-refractivity contribution is -0.188. The SMILES string of the molecule is CCc1c2c(nc3ccc(O)cc13)-c1cc3c(c(=O)n1C2)COC(=O)[C@@]3(CC)OC(=O)CNC. The molecule has 9 heteroatoms. The molecule has 2 aromatic heterocycles. The number of hydrogen-bond donors (Lipinski definition) is 2. The number of fused-ring (bicyclic) bond motifs is 5. The zero-order valence-electron chi connectivity index (χ0n) is 19.2. The maximum absolute atomic E-state index is 13.6. The van der Waals surface area contributed by atoms with Crippen LogP contribution in [0.5, 0.6) is 5.75 Å². The molecule has 0 saturated heterocycles. The number of likely N-dealkylation sites (N-methyl/N-ethyl adjacent to an activating group) is 1. The molecule has 9 nitrogen and oxygen atoms in total. The first kappa shape index (κ1) is 22.1. The van der Waals surface area contributed by atoms with Gasteiger partial charge >= 0.3 is 11.9 Å². The van der Waals surface area contributed by atoms with Crippen LogP contribution in [0.25, 0.3) is 22.3 Å². The smallest absolute Gasteiger partial charge is 0.355 e. The summed E-state index contributed by atoms with van der Waals surface area (Å²) in [5.74, 6) is -1.16. The molecule has 0 aliphatic carbocycles. The lowest BCUT2D eigenvalue weighted by Crippen LogP contribution is -2.48. The lowest BCUT2D eigenvalue weighted by atomic mass is 9.85. The van der Waals surface area contributed by atoms with E-state index in [9.17, 15) is 19.5 Å². The van der Waals surface area contributed by atoms with Crippen molar-refractivity contribution >= 4 is 22.8 Å².